The molecular formula is C16H25N3O4S. The van der Waals surface area contributed by atoms with Gasteiger partial charge in [0, 0.05) is 25.4 Å². The molecule has 1 saturated heterocycles. The van der Waals surface area contributed by atoms with Crippen molar-refractivity contribution in [1.82, 2.24) is 10.0 Å². The summed E-state index contributed by atoms with van der Waals surface area (Å²) in [7, 11) is -3.57. The summed E-state index contributed by atoms with van der Waals surface area (Å²) >= 11 is 0. The minimum absolute atomic E-state index is 0.0506. The Morgan fingerprint density at radius 3 is 2.58 bits per heavy atom. The van der Waals surface area contributed by atoms with Crippen molar-refractivity contribution in [3.8, 4) is 0 Å². The highest BCUT2D eigenvalue weighted by atomic mass is 32.2. The van der Waals surface area contributed by atoms with E-state index in [-0.39, 0.29) is 23.6 Å². The fraction of sp³-hybridized carbons (Fsp3) is 0.562. The first-order valence-electron chi connectivity index (χ1n) is 8.13. The highest BCUT2D eigenvalue weighted by Gasteiger charge is 2.20. The highest BCUT2D eigenvalue weighted by molar-refractivity contribution is 7.89. The Balaban J connectivity index is 1.88. The zero-order chi connectivity index (χ0) is 17.6. The maximum Gasteiger partial charge on any atom is 0.319 e. The summed E-state index contributed by atoms with van der Waals surface area (Å²) < 4.78 is 32.4. The number of anilines is 1. The van der Waals surface area contributed by atoms with E-state index in [1.54, 1.807) is 12.1 Å². The minimum atomic E-state index is -3.57. The summed E-state index contributed by atoms with van der Waals surface area (Å²) in [6, 6.07) is 5.76. The SMILES string of the molecule is CC(C)CNC(=O)Nc1ccc(S(=O)(=O)NC[C@H]2CCCO2)cc1. The van der Waals surface area contributed by atoms with Gasteiger partial charge >= 0.3 is 6.03 Å². The van der Waals surface area contributed by atoms with Gasteiger partial charge in [0.25, 0.3) is 0 Å². The molecule has 0 bridgehead atoms. The second-order valence-corrected chi connectivity index (χ2v) is 8.01. The lowest BCUT2D eigenvalue weighted by molar-refractivity contribution is 0.114. The van der Waals surface area contributed by atoms with Gasteiger partial charge in [-0.15, -0.1) is 0 Å². The number of ether oxygens (including phenoxy) is 1. The van der Waals surface area contributed by atoms with Crippen molar-refractivity contribution in [3.63, 3.8) is 0 Å². The van der Waals surface area contributed by atoms with Gasteiger partial charge < -0.3 is 15.4 Å². The summed E-state index contributed by atoms with van der Waals surface area (Å²) in [4.78, 5) is 11.8. The van der Waals surface area contributed by atoms with Crippen LogP contribution in [0.1, 0.15) is 26.7 Å². The highest BCUT2D eigenvalue weighted by Crippen LogP contribution is 2.15. The molecule has 0 spiro atoms. The predicted octanol–water partition coefficient (Wildman–Crippen LogP) is 1.92. The van der Waals surface area contributed by atoms with Gasteiger partial charge in [-0.1, -0.05) is 13.8 Å². The maximum atomic E-state index is 12.2. The van der Waals surface area contributed by atoms with Gasteiger partial charge in [0.05, 0.1) is 11.0 Å². The molecule has 24 heavy (non-hydrogen) atoms. The zero-order valence-electron chi connectivity index (χ0n) is 14.0. The number of urea groups is 1. The lowest BCUT2D eigenvalue weighted by Gasteiger charge is -2.12. The van der Waals surface area contributed by atoms with Crippen LogP contribution >= 0.6 is 0 Å². The monoisotopic (exact) mass is 355 g/mol. The molecule has 1 atom stereocenters. The van der Waals surface area contributed by atoms with E-state index in [4.69, 9.17) is 4.74 Å². The topological polar surface area (TPSA) is 96.5 Å². The molecule has 1 aromatic carbocycles. The Kier molecular flexibility index (Phi) is 6.59. The molecule has 0 radical (unpaired) electrons. The molecule has 0 aromatic heterocycles. The first-order chi connectivity index (χ1) is 11.4. The quantitative estimate of drug-likeness (QED) is 0.696. The third-order valence-corrected chi connectivity index (χ3v) is 5.06. The second-order valence-electron chi connectivity index (χ2n) is 6.24. The number of carbonyl (C=O) groups is 1. The lowest BCUT2D eigenvalue weighted by atomic mass is 10.2. The van der Waals surface area contributed by atoms with Gasteiger partial charge in [0.2, 0.25) is 10.0 Å². The van der Waals surface area contributed by atoms with E-state index in [0.717, 1.165) is 12.8 Å². The number of hydrogen-bond donors (Lipinski definition) is 3. The fourth-order valence-electron chi connectivity index (χ4n) is 2.28. The number of nitrogens with one attached hydrogen (secondary N) is 3. The average Bonchev–Trinajstić information content (AvgIpc) is 3.05. The van der Waals surface area contributed by atoms with Gasteiger partial charge in [0.1, 0.15) is 0 Å². The van der Waals surface area contributed by atoms with E-state index in [9.17, 15) is 13.2 Å². The largest absolute Gasteiger partial charge is 0.377 e. The van der Waals surface area contributed by atoms with E-state index >= 15 is 0 Å². The van der Waals surface area contributed by atoms with Gasteiger partial charge in [-0.05, 0) is 43.0 Å². The zero-order valence-corrected chi connectivity index (χ0v) is 14.9. The van der Waals surface area contributed by atoms with Gasteiger partial charge in [-0.3, -0.25) is 0 Å². The fourth-order valence-corrected chi connectivity index (χ4v) is 3.35. The third-order valence-electron chi connectivity index (χ3n) is 3.62. The van der Waals surface area contributed by atoms with Crippen LogP contribution in [0.4, 0.5) is 10.5 Å². The average molecular weight is 355 g/mol. The minimum Gasteiger partial charge on any atom is -0.377 e. The molecule has 0 aliphatic carbocycles. The molecule has 1 heterocycles. The number of sulfonamides is 1. The Labute approximate surface area is 143 Å². The van der Waals surface area contributed by atoms with E-state index in [1.807, 2.05) is 13.8 Å². The van der Waals surface area contributed by atoms with Crippen molar-refractivity contribution in [2.45, 2.75) is 37.7 Å². The van der Waals surface area contributed by atoms with Crippen LogP contribution in [0.2, 0.25) is 0 Å². The van der Waals surface area contributed by atoms with Crippen molar-refractivity contribution in [1.29, 1.82) is 0 Å². The summed E-state index contributed by atoms with van der Waals surface area (Å²) in [6.45, 7) is 5.55. The van der Waals surface area contributed by atoms with Gasteiger partial charge in [0.15, 0.2) is 0 Å². The number of benzene rings is 1. The first-order valence-corrected chi connectivity index (χ1v) is 9.61. The van der Waals surface area contributed by atoms with E-state index < -0.39 is 10.0 Å². The van der Waals surface area contributed by atoms with Crippen LogP contribution in [0.5, 0.6) is 0 Å². The Morgan fingerprint density at radius 1 is 1.29 bits per heavy atom. The normalized spacial score (nSPS) is 17.9. The van der Waals surface area contributed by atoms with Crippen LogP contribution in [0.3, 0.4) is 0 Å². The van der Waals surface area contributed by atoms with Crippen molar-refractivity contribution >= 4 is 21.7 Å². The maximum absolute atomic E-state index is 12.2. The third kappa shape index (κ3) is 5.77. The number of rotatable bonds is 7. The number of carbonyl (C=O) groups excluding carboxylic acids is 1. The molecule has 2 amide bonds. The van der Waals surface area contributed by atoms with Crippen molar-refractivity contribution in [3.05, 3.63) is 24.3 Å². The second kappa shape index (κ2) is 8.46. The van der Waals surface area contributed by atoms with Crippen LogP contribution < -0.4 is 15.4 Å². The predicted molar refractivity (Wildman–Crippen MR) is 92.5 cm³/mol. The Bertz CT molecular complexity index is 638. The van der Waals surface area contributed by atoms with Crippen LogP contribution in [0, 0.1) is 5.92 Å². The van der Waals surface area contributed by atoms with Gasteiger partial charge in [-0.25, -0.2) is 17.9 Å². The van der Waals surface area contributed by atoms with E-state index in [2.05, 4.69) is 15.4 Å². The summed E-state index contributed by atoms with van der Waals surface area (Å²) in [5.74, 6) is 0.359. The van der Waals surface area contributed by atoms with Crippen molar-refractivity contribution in [2.24, 2.45) is 5.92 Å². The molecular weight excluding hydrogens is 330 g/mol. The van der Waals surface area contributed by atoms with E-state index in [1.165, 1.54) is 12.1 Å². The molecule has 2 rings (SSSR count). The molecule has 0 saturated carbocycles. The Morgan fingerprint density at radius 2 is 2.00 bits per heavy atom. The molecule has 8 heteroatoms. The van der Waals surface area contributed by atoms with Crippen LogP contribution in [-0.4, -0.2) is 40.2 Å². The van der Waals surface area contributed by atoms with Gasteiger partial charge in [-0.2, -0.15) is 0 Å². The molecule has 134 valence electrons. The first kappa shape index (κ1) is 18.7. The molecule has 1 aliphatic heterocycles. The molecule has 1 aliphatic rings. The molecule has 7 nitrogen and oxygen atoms in total. The van der Waals surface area contributed by atoms with Crippen LogP contribution in [0.25, 0.3) is 0 Å². The van der Waals surface area contributed by atoms with E-state index in [0.29, 0.717) is 24.8 Å². The molecule has 1 aromatic rings. The molecule has 3 N–H and O–H groups in total. The van der Waals surface area contributed by atoms with Crippen LogP contribution in [0.15, 0.2) is 29.2 Å². The lowest BCUT2D eigenvalue weighted by Crippen LogP contribution is -2.32. The smallest absolute Gasteiger partial charge is 0.319 e. The summed E-state index contributed by atoms with van der Waals surface area (Å²) in [5.41, 5.74) is 0.536. The van der Waals surface area contributed by atoms with Crippen LogP contribution in [-0.2, 0) is 14.8 Å². The standard InChI is InChI=1S/C16H25N3O4S/c1-12(2)10-17-16(20)19-13-5-7-15(8-6-13)24(21,22)18-11-14-4-3-9-23-14/h5-8,12,14,18H,3-4,9-11H2,1-2H3,(H2,17,19,20)/t14-/m1/s1. The summed E-state index contributed by atoms with van der Waals surface area (Å²) in [6.07, 6.45) is 1.79. The number of amides is 2. The summed E-state index contributed by atoms with van der Waals surface area (Å²) in [5, 5.41) is 5.40. The Hall–Kier alpha value is -1.64. The van der Waals surface area contributed by atoms with Crippen molar-refractivity contribution in [2.75, 3.05) is 25.0 Å². The molecule has 0 unspecified atom stereocenters. The number of hydrogen-bond acceptors (Lipinski definition) is 4. The van der Waals surface area contributed by atoms with Crippen molar-refractivity contribution < 1.29 is 17.9 Å². The molecule has 1 fully saturated rings.